The minimum Gasteiger partial charge on any atom is -0.380 e. The number of hydrogen-bond acceptors (Lipinski definition) is 6. The third kappa shape index (κ3) is 1.84. The number of nitrogens with zero attached hydrogens (tertiary/aromatic N) is 1. The first kappa shape index (κ1) is 13.7. The zero-order chi connectivity index (χ0) is 15.3. The largest absolute Gasteiger partial charge is 0.380 e. The van der Waals surface area contributed by atoms with Crippen LogP contribution in [0.3, 0.4) is 0 Å². The van der Waals surface area contributed by atoms with Crippen molar-refractivity contribution in [3.63, 3.8) is 0 Å². The normalized spacial score (nSPS) is 32.1. The van der Waals surface area contributed by atoms with Crippen LogP contribution in [0, 0.1) is 0 Å². The van der Waals surface area contributed by atoms with E-state index in [9.17, 15) is 29.7 Å². The van der Waals surface area contributed by atoms with E-state index in [2.05, 4.69) is 0 Å². The fraction of sp³-hybridized carbons (Fsp3) is 0.308. The molecule has 0 saturated carbocycles. The van der Waals surface area contributed by atoms with Gasteiger partial charge in [0.1, 0.15) is 0 Å². The van der Waals surface area contributed by atoms with Crippen LogP contribution in [0.15, 0.2) is 24.3 Å². The monoisotopic (exact) mass is 292 g/mol. The van der Waals surface area contributed by atoms with Crippen molar-refractivity contribution in [1.82, 2.24) is 10.2 Å². The topological polar surface area (TPSA) is 127 Å². The average molecular weight is 292 g/mol. The Morgan fingerprint density at radius 1 is 1.05 bits per heavy atom. The van der Waals surface area contributed by atoms with Gasteiger partial charge in [0.2, 0.25) is 0 Å². The Labute approximate surface area is 118 Å². The van der Waals surface area contributed by atoms with Gasteiger partial charge in [0, 0.05) is 11.1 Å². The predicted octanol–water partition coefficient (Wildman–Crippen LogP) is -2.12. The molecule has 0 aromatic heterocycles. The maximum absolute atomic E-state index is 12.3. The number of amides is 2. The van der Waals surface area contributed by atoms with Gasteiger partial charge in [-0.3, -0.25) is 19.3 Å². The van der Waals surface area contributed by atoms with Crippen LogP contribution in [0.2, 0.25) is 0 Å². The van der Waals surface area contributed by atoms with E-state index >= 15 is 0 Å². The molecule has 4 unspecified atom stereocenters. The Morgan fingerprint density at radius 2 is 1.71 bits per heavy atom. The van der Waals surface area contributed by atoms with Crippen LogP contribution in [0.1, 0.15) is 22.1 Å². The van der Waals surface area contributed by atoms with Crippen molar-refractivity contribution in [2.24, 2.45) is 0 Å². The number of piperidine rings is 1. The average Bonchev–Trinajstić information content (AvgIpc) is 2.71. The van der Waals surface area contributed by atoms with Crippen molar-refractivity contribution in [2.45, 2.75) is 24.6 Å². The second-order valence-electron chi connectivity index (χ2n) is 4.88. The van der Waals surface area contributed by atoms with E-state index in [0.29, 0.717) is 4.90 Å². The van der Waals surface area contributed by atoms with E-state index in [0.717, 1.165) is 0 Å². The summed E-state index contributed by atoms with van der Waals surface area (Å²) in [5, 5.41) is 31.0. The predicted molar refractivity (Wildman–Crippen MR) is 66.5 cm³/mol. The number of ketones is 1. The lowest BCUT2D eigenvalue weighted by atomic mass is 9.99. The minimum absolute atomic E-state index is 0.186. The molecule has 2 heterocycles. The second kappa shape index (κ2) is 4.62. The van der Waals surface area contributed by atoms with Gasteiger partial charge in [-0.25, -0.2) is 0 Å². The Morgan fingerprint density at radius 3 is 2.38 bits per heavy atom. The van der Waals surface area contributed by atoms with Crippen molar-refractivity contribution in [3.8, 4) is 0 Å². The number of carbonyl (C=O) groups excluding carboxylic acids is 3. The first-order valence-electron chi connectivity index (χ1n) is 6.23. The lowest BCUT2D eigenvalue weighted by Crippen LogP contribution is -2.65. The number of aliphatic hydroxyl groups excluding tert-OH is 3. The third-order valence-corrected chi connectivity index (χ3v) is 3.64. The van der Waals surface area contributed by atoms with E-state index in [1.165, 1.54) is 12.1 Å². The number of hydrogen-bond donors (Lipinski definition) is 4. The molecule has 1 fully saturated rings. The van der Waals surface area contributed by atoms with Gasteiger partial charge in [-0.05, 0) is 6.07 Å². The van der Waals surface area contributed by atoms with Gasteiger partial charge >= 0.3 is 0 Å². The summed E-state index contributed by atoms with van der Waals surface area (Å²) in [6.07, 6.45) is -5.04. The minimum atomic E-state index is -1.85. The summed E-state index contributed by atoms with van der Waals surface area (Å²) in [5.74, 6) is -2.67. The number of rotatable bonds is 1. The highest BCUT2D eigenvalue weighted by atomic mass is 16.4. The number of nitrogens with one attached hydrogen (secondary N) is 1. The number of benzene rings is 1. The first-order chi connectivity index (χ1) is 9.93. The number of fused-ring (bicyclic) bond motifs is 1. The highest BCUT2D eigenvalue weighted by Crippen LogP contribution is 2.34. The van der Waals surface area contributed by atoms with Crippen LogP contribution in [0.5, 0.6) is 0 Å². The Bertz CT molecular complexity index is 645. The Hall–Kier alpha value is -2.29. The van der Waals surface area contributed by atoms with Crippen molar-refractivity contribution >= 4 is 17.6 Å². The Balaban J connectivity index is 2.00. The van der Waals surface area contributed by atoms with E-state index in [-0.39, 0.29) is 11.1 Å². The molecule has 21 heavy (non-hydrogen) atoms. The SMILES string of the molecule is O=C1NC(O)C(O)C(=O)C1N1C(=O)c2ccccc2C1O. The van der Waals surface area contributed by atoms with Gasteiger partial charge in [0.15, 0.2) is 30.4 Å². The summed E-state index contributed by atoms with van der Waals surface area (Å²) in [6, 6.07) is 4.50. The maximum Gasteiger partial charge on any atom is 0.257 e. The van der Waals surface area contributed by atoms with Crippen LogP contribution in [-0.4, -0.2) is 56.2 Å². The summed E-state index contributed by atoms with van der Waals surface area (Å²) in [6.45, 7) is 0. The molecule has 1 aromatic rings. The fourth-order valence-corrected chi connectivity index (χ4v) is 2.59. The number of Topliss-reactive ketones (excluding diaryl/α,β-unsaturated/α-hetero) is 1. The van der Waals surface area contributed by atoms with E-state index in [1.54, 1.807) is 12.1 Å². The smallest absolute Gasteiger partial charge is 0.257 e. The molecule has 8 nitrogen and oxygen atoms in total. The molecule has 8 heteroatoms. The van der Waals surface area contributed by atoms with E-state index < -0.39 is 42.2 Å². The van der Waals surface area contributed by atoms with Gasteiger partial charge in [-0.15, -0.1) is 0 Å². The molecule has 0 spiro atoms. The van der Waals surface area contributed by atoms with Crippen LogP contribution in [0.25, 0.3) is 0 Å². The molecule has 2 amide bonds. The fourth-order valence-electron chi connectivity index (χ4n) is 2.59. The zero-order valence-electron chi connectivity index (χ0n) is 10.6. The summed E-state index contributed by atoms with van der Waals surface area (Å²) in [5.41, 5.74) is 0.468. The molecule has 4 atom stereocenters. The van der Waals surface area contributed by atoms with E-state index in [4.69, 9.17) is 0 Å². The van der Waals surface area contributed by atoms with Crippen LogP contribution < -0.4 is 5.32 Å². The highest BCUT2D eigenvalue weighted by Gasteiger charge is 2.51. The molecule has 110 valence electrons. The Kier molecular flexibility index (Phi) is 3.01. The molecule has 2 aliphatic heterocycles. The molecule has 1 aromatic carbocycles. The van der Waals surface area contributed by atoms with Gasteiger partial charge in [0.25, 0.3) is 11.8 Å². The van der Waals surface area contributed by atoms with Gasteiger partial charge in [-0.2, -0.15) is 0 Å². The summed E-state index contributed by atoms with van der Waals surface area (Å²) in [7, 11) is 0. The second-order valence-corrected chi connectivity index (χ2v) is 4.88. The standard InChI is InChI=1S/C13H12N2O6/c16-8-7(10(18)14-11(19)9(8)17)15-12(20)5-3-1-2-4-6(5)13(15)21/h1-4,7,9,11-12,17,19-20H,(H,14,18). The summed E-state index contributed by atoms with van der Waals surface area (Å²) in [4.78, 5) is 36.9. The van der Waals surface area contributed by atoms with Crippen molar-refractivity contribution in [2.75, 3.05) is 0 Å². The van der Waals surface area contributed by atoms with Gasteiger partial charge in [0.05, 0.1) is 0 Å². The molecule has 0 bridgehead atoms. The summed E-state index contributed by atoms with van der Waals surface area (Å²) < 4.78 is 0. The van der Waals surface area contributed by atoms with E-state index in [1.807, 2.05) is 5.32 Å². The van der Waals surface area contributed by atoms with Crippen LogP contribution in [-0.2, 0) is 9.59 Å². The van der Waals surface area contributed by atoms with Crippen LogP contribution >= 0.6 is 0 Å². The molecule has 2 aliphatic rings. The molecule has 0 aliphatic carbocycles. The molecule has 0 radical (unpaired) electrons. The third-order valence-electron chi connectivity index (χ3n) is 3.64. The molecule has 4 N–H and O–H groups in total. The van der Waals surface area contributed by atoms with Crippen molar-refractivity contribution in [3.05, 3.63) is 35.4 Å². The molecule has 1 saturated heterocycles. The van der Waals surface area contributed by atoms with Gasteiger partial charge in [-0.1, -0.05) is 18.2 Å². The van der Waals surface area contributed by atoms with Crippen LogP contribution in [0.4, 0.5) is 0 Å². The lowest BCUT2D eigenvalue weighted by molar-refractivity contribution is -0.159. The number of carbonyl (C=O) groups is 3. The molecular formula is C13H12N2O6. The van der Waals surface area contributed by atoms with Crippen molar-refractivity contribution in [1.29, 1.82) is 0 Å². The number of aliphatic hydroxyl groups is 3. The quantitative estimate of drug-likeness (QED) is 0.438. The lowest BCUT2D eigenvalue weighted by Gasteiger charge is -2.35. The van der Waals surface area contributed by atoms with Gasteiger partial charge < -0.3 is 20.6 Å². The molecular weight excluding hydrogens is 280 g/mol. The first-order valence-corrected chi connectivity index (χ1v) is 6.23. The zero-order valence-corrected chi connectivity index (χ0v) is 10.6. The maximum atomic E-state index is 12.3. The van der Waals surface area contributed by atoms with Crippen molar-refractivity contribution < 1.29 is 29.7 Å². The molecule has 3 rings (SSSR count). The highest BCUT2D eigenvalue weighted by molar-refractivity contribution is 6.14. The summed E-state index contributed by atoms with van der Waals surface area (Å²) >= 11 is 0.